The van der Waals surface area contributed by atoms with Crippen molar-refractivity contribution in [1.29, 1.82) is 0 Å². The third-order valence-electron chi connectivity index (χ3n) is 3.90. The Kier molecular flexibility index (Phi) is 5.69. The summed E-state index contributed by atoms with van der Waals surface area (Å²) in [5.74, 6) is -0.374. The maximum Gasteiger partial charge on any atom is 0.343 e. The predicted octanol–water partition coefficient (Wildman–Crippen LogP) is 2.59. The monoisotopic (exact) mass is 363 g/mol. The number of anilines is 1. The lowest BCUT2D eigenvalue weighted by molar-refractivity contribution is -0.142. The Balaban J connectivity index is 2.69. The summed E-state index contributed by atoms with van der Waals surface area (Å²) in [5, 5.41) is 0. The summed E-state index contributed by atoms with van der Waals surface area (Å²) < 4.78 is 34.8. The van der Waals surface area contributed by atoms with Gasteiger partial charge < -0.3 is 15.2 Å². The Bertz CT molecular complexity index is 876. The molecule has 134 valence electrons. The van der Waals surface area contributed by atoms with Gasteiger partial charge in [-0.25, -0.2) is 13.2 Å². The number of benzene rings is 2. The Morgan fingerprint density at radius 1 is 1.20 bits per heavy atom. The summed E-state index contributed by atoms with van der Waals surface area (Å²) in [6.07, 6.45) is 0. The van der Waals surface area contributed by atoms with E-state index in [1.807, 2.05) is 30.3 Å². The van der Waals surface area contributed by atoms with Crippen LogP contribution >= 0.6 is 0 Å². The molecule has 0 saturated heterocycles. The Labute approximate surface area is 147 Å². The maximum atomic E-state index is 12.3. The minimum Gasteiger partial charge on any atom is -0.481 e. The Hall–Kier alpha value is -2.54. The van der Waals surface area contributed by atoms with E-state index >= 15 is 0 Å². The summed E-state index contributed by atoms with van der Waals surface area (Å²) >= 11 is 0. The Morgan fingerprint density at radius 2 is 1.84 bits per heavy atom. The first-order valence-corrected chi connectivity index (χ1v) is 9.38. The molecule has 0 aliphatic rings. The molecule has 0 bridgehead atoms. The molecule has 6 nitrogen and oxygen atoms in total. The van der Waals surface area contributed by atoms with Crippen molar-refractivity contribution in [1.82, 2.24) is 0 Å². The second kappa shape index (κ2) is 7.57. The SMILES string of the molecule is CCS(=O)(=O)c1cc(OCC(=O)OC)c(-c2ccccc2)c(C)c1N. The lowest BCUT2D eigenvalue weighted by atomic mass is 9.98. The number of hydrogen-bond acceptors (Lipinski definition) is 6. The van der Waals surface area contributed by atoms with Crippen molar-refractivity contribution in [2.24, 2.45) is 0 Å². The topological polar surface area (TPSA) is 95.7 Å². The molecular formula is C18H21NO5S. The highest BCUT2D eigenvalue weighted by atomic mass is 32.2. The zero-order valence-corrected chi connectivity index (χ0v) is 15.2. The van der Waals surface area contributed by atoms with Gasteiger partial charge in [0.2, 0.25) is 0 Å². The molecule has 2 aromatic carbocycles. The molecule has 25 heavy (non-hydrogen) atoms. The van der Waals surface area contributed by atoms with Gasteiger partial charge in [-0.15, -0.1) is 0 Å². The van der Waals surface area contributed by atoms with E-state index in [9.17, 15) is 13.2 Å². The molecule has 0 aliphatic heterocycles. The van der Waals surface area contributed by atoms with Gasteiger partial charge in [0.05, 0.1) is 23.4 Å². The van der Waals surface area contributed by atoms with Crippen molar-refractivity contribution in [3.63, 3.8) is 0 Å². The van der Waals surface area contributed by atoms with Crippen LogP contribution < -0.4 is 10.5 Å². The van der Waals surface area contributed by atoms with Gasteiger partial charge in [0.15, 0.2) is 16.4 Å². The number of methoxy groups -OCH3 is 1. The summed E-state index contributed by atoms with van der Waals surface area (Å²) in [6, 6.07) is 10.7. The molecule has 0 fully saturated rings. The van der Waals surface area contributed by atoms with Crippen molar-refractivity contribution in [2.75, 3.05) is 25.2 Å². The zero-order chi connectivity index (χ0) is 18.6. The zero-order valence-electron chi connectivity index (χ0n) is 14.4. The average Bonchev–Trinajstić information content (AvgIpc) is 2.62. The molecule has 0 unspecified atom stereocenters. The normalized spacial score (nSPS) is 11.2. The lowest BCUT2D eigenvalue weighted by Crippen LogP contribution is -2.15. The van der Waals surface area contributed by atoms with Crippen LogP contribution in [0.2, 0.25) is 0 Å². The molecule has 0 saturated carbocycles. The van der Waals surface area contributed by atoms with Crippen LogP contribution in [0.25, 0.3) is 11.1 Å². The van der Waals surface area contributed by atoms with E-state index < -0.39 is 15.8 Å². The van der Waals surface area contributed by atoms with Gasteiger partial charge in [-0.05, 0) is 18.1 Å². The first-order chi connectivity index (χ1) is 11.8. The standard InChI is InChI=1S/C18H21NO5S/c1-4-25(21,22)15-10-14(24-11-16(20)23-3)17(12(2)18(15)19)13-8-6-5-7-9-13/h5-10H,4,11,19H2,1-3H3. The number of sulfone groups is 1. The number of ether oxygens (including phenoxy) is 2. The van der Waals surface area contributed by atoms with Crippen molar-refractivity contribution < 1.29 is 22.7 Å². The van der Waals surface area contributed by atoms with Gasteiger partial charge in [0, 0.05) is 11.6 Å². The van der Waals surface area contributed by atoms with Crippen LogP contribution in [0.5, 0.6) is 5.75 Å². The third kappa shape index (κ3) is 3.93. The van der Waals surface area contributed by atoms with E-state index in [1.54, 1.807) is 13.8 Å². The largest absolute Gasteiger partial charge is 0.481 e. The van der Waals surface area contributed by atoms with Gasteiger partial charge >= 0.3 is 5.97 Å². The van der Waals surface area contributed by atoms with E-state index in [4.69, 9.17) is 10.5 Å². The maximum absolute atomic E-state index is 12.3. The molecular weight excluding hydrogens is 342 g/mol. The number of rotatable bonds is 6. The summed E-state index contributed by atoms with van der Waals surface area (Å²) in [4.78, 5) is 11.4. The molecule has 0 aliphatic carbocycles. The number of carbonyl (C=O) groups excluding carboxylic acids is 1. The molecule has 2 N–H and O–H groups in total. The van der Waals surface area contributed by atoms with Gasteiger partial charge in [0.25, 0.3) is 0 Å². The second-order valence-electron chi connectivity index (χ2n) is 5.42. The fourth-order valence-electron chi connectivity index (χ4n) is 2.46. The molecule has 2 aromatic rings. The van der Waals surface area contributed by atoms with Gasteiger partial charge in [-0.2, -0.15) is 0 Å². The van der Waals surface area contributed by atoms with Crippen molar-refractivity contribution in [2.45, 2.75) is 18.7 Å². The quantitative estimate of drug-likeness (QED) is 0.626. The van der Waals surface area contributed by atoms with Crippen LogP contribution in [0.1, 0.15) is 12.5 Å². The molecule has 0 heterocycles. The van der Waals surface area contributed by atoms with Gasteiger partial charge in [-0.1, -0.05) is 37.3 Å². The van der Waals surface area contributed by atoms with Crippen LogP contribution in [0.15, 0.2) is 41.3 Å². The van der Waals surface area contributed by atoms with Crippen LogP contribution in [0.4, 0.5) is 5.69 Å². The van der Waals surface area contributed by atoms with Crippen LogP contribution in [0, 0.1) is 6.92 Å². The molecule has 2 rings (SSSR count). The predicted molar refractivity (Wildman–Crippen MR) is 96.3 cm³/mol. The van der Waals surface area contributed by atoms with Crippen LogP contribution in [-0.2, 0) is 19.4 Å². The van der Waals surface area contributed by atoms with Crippen LogP contribution in [-0.4, -0.2) is 33.9 Å². The van der Waals surface area contributed by atoms with E-state index in [2.05, 4.69) is 4.74 Å². The third-order valence-corrected chi connectivity index (χ3v) is 5.67. The summed E-state index contributed by atoms with van der Waals surface area (Å²) in [7, 11) is -2.28. The minimum atomic E-state index is -3.54. The molecule has 0 radical (unpaired) electrons. The molecule has 0 atom stereocenters. The minimum absolute atomic E-state index is 0.00652. The van der Waals surface area contributed by atoms with E-state index in [0.29, 0.717) is 11.1 Å². The van der Waals surface area contributed by atoms with Crippen molar-refractivity contribution >= 4 is 21.5 Å². The fraction of sp³-hybridized carbons (Fsp3) is 0.278. The molecule has 7 heteroatoms. The van der Waals surface area contributed by atoms with Crippen molar-refractivity contribution in [3.05, 3.63) is 42.0 Å². The average molecular weight is 363 g/mol. The molecule has 0 spiro atoms. The highest BCUT2D eigenvalue weighted by molar-refractivity contribution is 7.91. The highest BCUT2D eigenvalue weighted by Crippen LogP contribution is 2.40. The smallest absolute Gasteiger partial charge is 0.343 e. The number of nitrogen functional groups attached to an aromatic ring is 1. The number of hydrogen-bond donors (Lipinski definition) is 1. The van der Waals surface area contributed by atoms with Gasteiger partial charge in [0.1, 0.15) is 5.75 Å². The van der Waals surface area contributed by atoms with E-state index in [-0.39, 0.29) is 28.7 Å². The van der Waals surface area contributed by atoms with Crippen LogP contribution in [0.3, 0.4) is 0 Å². The van der Waals surface area contributed by atoms with E-state index in [0.717, 1.165) is 5.56 Å². The second-order valence-corrected chi connectivity index (χ2v) is 7.67. The summed E-state index contributed by atoms with van der Waals surface area (Å²) in [6.45, 7) is 2.95. The Morgan fingerprint density at radius 3 is 2.40 bits per heavy atom. The first kappa shape index (κ1) is 18.8. The van der Waals surface area contributed by atoms with Crippen molar-refractivity contribution in [3.8, 4) is 16.9 Å². The van der Waals surface area contributed by atoms with E-state index in [1.165, 1.54) is 13.2 Å². The highest BCUT2D eigenvalue weighted by Gasteiger charge is 2.23. The summed E-state index contributed by atoms with van der Waals surface area (Å²) in [5.41, 5.74) is 8.34. The lowest BCUT2D eigenvalue weighted by Gasteiger charge is -2.18. The number of nitrogens with two attached hydrogens (primary N) is 1. The van der Waals surface area contributed by atoms with Gasteiger partial charge in [-0.3, -0.25) is 0 Å². The molecule has 0 aromatic heterocycles. The molecule has 0 amide bonds. The first-order valence-electron chi connectivity index (χ1n) is 7.72. The fourth-order valence-corrected chi connectivity index (χ4v) is 3.54. The number of esters is 1. The number of carbonyl (C=O) groups is 1.